The Morgan fingerprint density at radius 2 is 2.12 bits per heavy atom. The molecule has 0 saturated carbocycles. The third-order valence-corrected chi connectivity index (χ3v) is 2.17. The first-order valence-electron chi connectivity index (χ1n) is 4.86. The minimum Gasteiger partial charge on any atom is -0.507 e. The van der Waals surface area contributed by atoms with Gasteiger partial charge in [-0.05, 0) is 18.2 Å². The van der Waals surface area contributed by atoms with Gasteiger partial charge < -0.3 is 20.5 Å². The van der Waals surface area contributed by atoms with Crippen LogP contribution in [0.25, 0.3) is 0 Å². The number of carbonyl (C=O) groups is 2. The molecule has 0 radical (unpaired) electrons. The molecule has 6 heteroatoms. The van der Waals surface area contributed by atoms with E-state index in [9.17, 15) is 14.7 Å². The second-order valence-corrected chi connectivity index (χ2v) is 3.51. The van der Waals surface area contributed by atoms with Crippen molar-refractivity contribution in [3.63, 3.8) is 0 Å². The molecular weight excluding hydrogens is 224 g/mol. The highest BCUT2D eigenvalue weighted by Gasteiger charge is 2.17. The van der Waals surface area contributed by atoms with Crippen LogP contribution in [-0.4, -0.2) is 42.5 Å². The molecular formula is C11H14N2O4. The van der Waals surface area contributed by atoms with Gasteiger partial charge in [0.15, 0.2) is 0 Å². The quantitative estimate of drug-likeness (QED) is 0.769. The van der Waals surface area contributed by atoms with Crippen molar-refractivity contribution < 1.29 is 19.4 Å². The molecule has 17 heavy (non-hydrogen) atoms. The van der Waals surface area contributed by atoms with Gasteiger partial charge in [0.25, 0.3) is 5.91 Å². The van der Waals surface area contributed by atoms with Gasteiger partial charge in [0.1, 0.15) is 11.5 Å². The zero-order valence-corrected chi connectivity index (χ0v) is 9.64. The van der Waals surface area contributed by atoms with E-state index in [-0.39, 0.29) is 17.9 Å². The van der Waals surface area contributed by atoms with Crippen LogP contribution >= 0.6 is 0 Å². The van der Waals surface area contributed by atoms with Gasteiger partial charge in [-0.15, -0.1) is 0 Å². The number of carbonyl (C=O) groups excluding carboxylic acids is 2. The van der Waals surface area contributed by atoms with Crippen LogP contribution < -0.4 is 10.5 Å². The topological polar surface area (TPSA) is 92.9 Å². The van der Waals surface area contributed by atoms with Crippen LogP contribution in [0.4, 0.5) is 0 Å². The Morgan fingerprint density at radius 1 is 1.47 bits per heavy atom. The number of phenols is 1. The van der Waals surface area contributed by atoms with Crippen molar-refractivity contribution in [3.05, 3.63) is 23.8 Å². The van der Waals surface area contributed by atoms with Crippen molar-refractivity contribution in [1.29, 1.82) is 0 Å². The van der Waals surface area contributed by atoms with Crippen LogP contribution in [0.15, 0.2) is 18.2 Å². The van der Waals surface area contributed by atoms with Crippen LogP contribution in [0, 0.1) is 0 Å². The Morgan fingerprint density at radius 3 is 2.65 bits per heavy atom. The van der Waals surface area contributed by atoms with E-state index in [4.69, 9.17) is 10.5 Å². The minimum atomic E-state index is -0.622. The number of hydrogen-bond acceptors (Lipinski definition) is 4. The van der Waals surface area contributed by atoms with Crippen molar-refractivity contribution in [1.82, 2.24) is 4.90 Å². The molecule has 0 aromatic heterocycles. The highest BCUT2D eigenvalue weighted by molar-refractivity contribution is 5.98. The van der Waals surface area contributed by atoms with Crippen molar-refractivity contribution in [2.45, 2.75) is 0 Å². The molecule has 0 atom stereocenters. The number of amides is 2. The Bertz CT molecular complexity index is 445. The van der Waals surface area contributed by atoms with Crippen LogP contribution in [0.5, 0.6) is 11.5 Å². The van der Waals surface area contributed by atoms with Gasteiger partial charge in [-0.3, -0.25) is 9.59 Å². The molecule has 0 fully saturated rings. The summed E-state index contributed by atoms with van der Waals surface area (Å²) in [5, 5.41) is 9.56. The monoisotopic (exact) mass is 238 g/mol. The number of nitrogens with zero attached hydrogens (tertiary/aromatic N) is 1. The number of rotatable bonds is 4. The molecule has 0 spiro atoms. The maximum Gasteiger partial charge on any atom is 0.257 e. The zero-order valence-electron chi connectivity index (χ0n) is 9.64. The fraction of sp³-hybridized carbons (Fsp3) is 0.273. The van der Waals surface area contributed by atoms with Crippen LogP contribution in [0.3, 0.4) is 0 Å². The normalized spacial score (nSPS) is 9.76. The number of phenolic OH excluding ortho intramolecular Hbond substituents is 1. The molecule has 0 aliphatic carbocycles. The van der Waals surface area contributed by atoms with E-state index in [2.05, 4.69) is 0 Å². The maximum absolute atomic E-state index is 11.9. The molecule has 0 saturated heterocycles. The van der Waals surface area contributed by atoms with Crippen LogP contribution in [-0.2, 0) is 4.79 Å². The lowest BCUT2D eigenvalue weighted by molar-refractivity contribution is -0.118. The fourth-order valence-corrected chi connectivity index (χ4v) is 1.32. The number of aromatic hydroxyl groups is 1. The molecule has 92 valence electrons. The zero-order chi connectivity index (χ0) is 13.0. The Hall–Kier alpha value is -2.24. The van der Waals surface area contributed by atoms with Gasteiger partial charge in [0.2, 0.25) is 5.91 Å². The molecule has 1 aromatic rings. The first-order valence-corrected chi connectivity index (χ1v) is 4.86. The van der Waals surface area contributed by atoms with Crippen LogP contribution in [0.1, 0.15) is 10.4 Å². The Balaban J connectivity index is 2.98. The summed E-state index contributed by atoms with van der Waals surface area (Å²) in [6.07, 6.45) is 0. The number of primary amides is 1. The lowest BCUT2D eigenvalue weighted by Gasteiger charge is -2.16. The SMILES string of the molecule is COc1ccc(O)c(C(=O)N(C)CC(N)=O)c1. The first-order chi connectivity index (χ1) is 7.95. The predicted octanol–water partition coefficient (Wildman–Crippen LogP) is -0.0419. The summed E-state index contributed by atoms with van der Waals surface area (Å²) in [5.74, 6) is -0.853. The lowest BCUT2D eigenvalue weighted by Crippen LogP contribution is -2.35. The highest BCUT2D eigenvalue weighted by atomic mass is 16.5. The number of hydrogen-bond donors (Lipinski definition) is 2. The third-order valence-electron chi connectivity index (χ3n) is 2.17. The summed E-state index contributed by atoms with van der Waals surface area (Å²) in [6, 6.07) is 4.28. The lowest BCUT2D eigenvalue weighted by atomic mass is 10.1. The summed E-state index contributed by atoms with van der Waals surface area (Å²) in [6.45, 7) is -0.213. The molecule has 1 aromatic carbocycles. The van der Waals surface area contributed by atoms with E-state index in [0.29, 0.717) is 5.75 Å². The molecule has 2 amide bonds. The van der Waals surface area contributed by atoms with Crippen molar-refractivity contribution in [2.24, 2.45) is 5.73 Å². The second-order valence-electron chi connectivity index (χ2n) is 3.51. The van der Waals surface area contributed by atoms with E-state index < -0.39 is 11.8 Å². The molecule has 0 aliphatic heterocycles. The van der Waals surface area contributed by atoms with Gasteiger partial charge >= 0.3 is 0 Å². The molecule has 3 N–H and O–H groups in total. The number of ether oxygens (including phenoxy) is 1. The number of likely N-dealkylation sites (N-methyl/N-ethyl adjacent to an activating group) is 1. The van der Waals surface area contributed by atoms with Gasteiger partial charge in [0, 0.05) is 7.05 Å². The van der Waals surface area contributed by atoms with E-state index in [1.165, 1.54) is 32.4 Å². The second kappa shape index (κ2) is 5.20. The average molecular weight is 238 g/mol. The molecule has 0 unspecified atom stereocenters. The van der Waals surface area contributed by atoms with E-state index in [0.717, 1.165) is 4.90 Å². The summed E-state index contributed by atoms with van der Waals surface area (Å²) in [7, 11) is 2.87. The molecule has 6 nitrogen and oxygen atoms in total. The first kappa shape index (κ1) is 12.8. The van der Waals surface area contributed by atoms with Gasteiger partial charge in [0.05, 0.1) is 19.2 Å². The van der Waals surface area contributed by atoms with Gasteiger partial charge in [-0.25, -0.2) is 0 Å². The van der Waals surface area contributed by atoms with Crippen LogP contribution in [0.2, 0.25) is 0 Å². The Kier molecular flexibility index (Phi) is 3.92. The third kappa shape index (κ3) is 3.10. The number of nitrogens with two attached hydrogens (primary N) is 1. The maximum atomic E-state index is 11.9. The molecule has 0 bridgehead atoms. The summed E-state index contributed by atoms with van der Waals surface area (Å²) in [5.41, 5.74) is 5.05. The molecule has 1 rings (SSSR count). The van der Waals surface area contributed by atoms with Crippen molar-refractivity contribution in [2.75, 3.05) is 20.7 Å². The predicted molar refractivity (Wildman–Crippen MR) is 60.8 cm³/mol. The van der Waals surface area contributed by atoms with Crippen molar-refractivity contribution in [3.8, 4) is 11.5 Å². The number of benzene rings is 1. The average Bonchev–Trinajstić information content (AvgIpc) is 2.28. The largest absolute Gasteiger partial charge is 0.507 e. The highest BCUT2D eigenvalue weighted by Crippen LogP contribution is 2.23. The van der Waals surface area contributed by atoms with E-state index >= 15 is 0 Å². The van der Waals surface area contributed by atoms with Gasteiger partial charge in [-0.2, -0.15) is 0 Å². The van der Waals surface area contributed by atoms with E-state index in [1.807, 2.05) is 0 Å². The Labute approximate surface area is 98.6 Å². The smallest absolute Gasteiger partial charge is 0.257 e. The standard InChI is InChI=1S/C11H14N2O4/c1-13(6-10(12)15)11(16)8-5-7(17-2)3-4-9(8)14/h3-5,14H,6H2,1-2H3,(H2,12,15). The molecule has 0 aliphatic rings. The summed E-state index contributed by atoms with van der Waals surface area (Å²) in [4.78, 5) is 23.7. The summed E-state index contributed by atoms with van der Waals surface area (Å²) < 4.78 is 4.95. The van der Waals surface area contributed by atoms with Crippen molar-refractivity contribution >= 4 is 11.8 Å². The minimum absolute atomic E-state index is 0.0631. The summed E-state index contributed by atoms with van der Waals surface area (Å²) >= 11 is 0. The number of methoxy groups -OCH3 is 1. The van der Waals surface area contributed by atoms with E-state index in [1.54, 1.807) is 0 Å². The molecule has 0 heterocycles. The van der Waals surface area contributed by atoms with Gasteiger partial charge in [-0.1, -0.05) is 0 Å². The fourth-order valence-electron chi connectivity index (χ4n) is 1.32.